The number of fused-ring (bicyclic) bond motifs is 1. The van der Waals surface area contributed by atoms with Gasteiger partial charge in [-0.1, -0.05) is 0 Å². The zero-order chi connectivity index (χ0) is 12.7. The standard InChI is InChI=1S/C14H16N2OS/c1-9-15-8-11(16(9)2)14(17)13-7-10-5-3-4-6-12(10)18-13/h7-8H,3-6H2,1-2H3. The second kappa shape index (κ2) is 4.35. The molecule has 94 valence electrons. The molecule has 0 fully saturated rings. The lowest BCUT2D eigenvalue weighted by atomic mass is 9.99. The second-order valence-electron chi connectivity index (χ2n) is 4.84. The van der Waals surface area contributed by atoms with Gasteiger partial charge in [-0.3, -0.25) is 4.79 Å². The van der Waals surface area contributed by atoms with Gasteiger partial charge in [0, 0.05) is 11.9 Å². The first-order valence-electron chi connectivity index (χ1n) is 6.31. The van der Waals surface area contributed by atoms with Gasteiger partial charge in [0.05, 0.1) is 11.1 Å². The highest BCUT2D eigenvalue weighted by Crippen LogP contribution is 2.30. The zero-order valence-electron chi connectivity index (χ0n) is 10.7. The van der Waals surface area contributed by atoms with Gasteiger partial charge in [0.25, 0.3) is 0 Å². The number of aromatic nitrogens is 2. The number of carbonyl (C=O) groups excluding carboxylic acids is 1. The molecule has 0 aromatic carbocycles. The van der Waals surface area contributed by atoms with Gasteiger partial charge >= 0.3 is 0 Å². The molecule has 2 heterocycles. The van der Waals surface area contributed by atoms with Crippen molar-refractivity contribution in [3.8, 4) is 0 Å². The Morgan fingerprint density at radius 2 is 2.17 bits per heavy atom. The molecule has 0 amide bonds. The van der Waals surface area contributed by atoms with E-state index in [4.69, 9.17) is 0 Å². The Bertz CT molecular complexity index is 586. The van der Waals surface area contributed by atoms with Crippen LogP contribution in [0.2, 0.25) is 0 Å². The topological polar surface area (TPSA) is 34.9 Å². The summed E-state index contributed by atoms with van der Waals surface area (Å²) in [6, 6.07) is 2.09. The van der Waals surface area contributed by atoms with Gasteiger partial charge in [0.1, 0.15) is 11.5 Å². The van der Waals surface area contributed by atoms with Gasteiger partial charge in [-0.05, 0) is 44.2 Å². The van der Waals surface area contributed by atoms with E-state index in [2.05, 4.69) is 11.1 Å². The number of thiophene rings is 1. The molecule has 0 radical (unpaired) electrons. The van der Waals surface area contributed by atoms with E-state index < -0.39 is 0 Å². The summed E-state index contributed by atoms with van der Waals surface area (Å²) in [5.41, 5.74) is 2.07. The van der Waals surface area contributed by atoms with Crippen LogP contribution < -0.4 is 0 Å². The third-order valence-corrected chi connectivity index (χ3v) is 4.91. The molecule has 2 aromatic rings. The molecule has 0 atom stereocenters. The number of ketones is 1. The molecular formula is C14H16N2OS. The lowest BCUT2D eigenvalue weighted by molar-refractivity contribution is 0.103. The lowest BCUT2D eigenvalue weighted by Gasteiger charge is -2.08. The fourth-order valence-electron chi connectivity index (χ4n) is 2.44. The summed E-state index contributed by atoms with van der Waals surface area (Å²) < 4.78 is 1.86. The number of rotatable bonds is 2. The summed E-state index contributed by atoms with van der Waals surface area (Å²) in [7, 11) is 1.89. The van der Waals surface area contributed by atoms with Crippen LogP contribution in [0, 0.1) is 6.92 Å². The maximum Gasteiger partial charge on any atom is 0.220 e. The SMILES string of the molecule is Cc1ncc(C(=O)c2cc3c(s2)CCCC3)n1C. The van der Waals surface area contributed by atoms with Crippen LogP contribution in [0.15, 0.2) is 12.3 Å². The van der Waals surface area contributed by atoms with Crippen molar-refractivity contribution in [1.82, 2.24) is 9.55 Å². The molecule has 0 saturated heterocycles. The molecule has 0 unspecified atom stereocenters. The number of hydrogen-bond donors (Lipinski definition) is 0. The summed E-state index contributed by atoms with van der Waals surface area (Å²) in [5, 5.41) is 0. The number of aryl methyl sites for hydroxylation is 3. The lowest BCUT2D eigenvalue weighted by Crippen LogP contribution is -2.06. The van der Waals surface area contributed by atoms with Gasteiger partial charge < -0.3 is 4.57 Å². The van der Waals surface area contributed by atoms with Crippen molar-refractivity contribution in [2.24, 2.45) is 7.05 Å². The first-order valence-corrected chi connectivity index (χ1v) is 7.13. The smallest absolute Gasteiger partial charge is 0.220 e. The van der Waals surface area contributed by atoms with Crippen LogP contribution in [0.1, 0.15) is 44.5 Å². The largest absolute Gasteiger partial charge is 0.329 e. The quantitative estimate of drug-likeness (QED) is 0.778. The Hall–Kier alpha value is -1.42. The van der Waals surface area contributed by atoms with E-state index in [1.807, 2.05) is 18.5 Å². The number of nitrogens with zero attached hydrogens (tertiary/aromatic N) is 2. The minimum absolute atomic E-state index is 0.109. The molecule has 1 aliphatic carbocycles. The van der Waals surface area contributed by atoms with Crippen molar-refractivity contribution >= 4 is 17.1 Å². The predicted molar refractivity (Wildman–Crippen MR) is 72.3 cm³/mol. The number of hydrogen-bond acceptors (Lipinski definition) is 3. The molecule has 2 aromatic heterocycles. The summed E-state index contributed by atoms with van der Waals surface area (Å²) in [4.78, 5) is 18.9. The molecule has 1 aliphatic rings. The highest BCUT2D eigenvalue weighted by molar-refractivity contribution is 7.14. The molecule has 0 N–H and O–H groups in total. The van der Waals surface area contributed by atoms with Crippen LogP contribution in [-0.2, 0) is 19.9 Å². The van der Waals surface area contributed by atoms with Gasteiger partial charge in [-0.25, -0.2) is 4.98 Å². The molecule has 0 bridgehead atoms. The fraction of sp³-hybridized carbons (Fsp3) is 0.429. The van der Waals surface area contributed by atoms with Crippen molar-refractivity contribution in [3.05, 3.63) is 39.1 Å². The Balaban J connectivity index is 1.97. The second-order valence-corrected chi connectivity index (χ2v) is 5.98. The Morgan fingerprint density at radius 1 is 1.39 bits per heavy atom. The summed E-state index contributed by atoms with van der Waals surface area (Å²) in [6.45, 7) is 1.91. The van der Waals surface area contributed by atoms with Crippen LogP contribution in [-0.4, -0.2) is 15.3 Å². The van der Waals surface area contributed by atoms with E-state index in [0.717, 1.165) is 23.5 Å². The fourth-order valence-corrected chi connectivity index (χ4v) is 3.64. The molecular weight excluding hydrogens is 244 g/mol. The average Bonchev–Trinajstić information content (AvgIpc) is 2.94. The molecule has 0 spiro atoms. The maximum absolute atomic E-state index is 12.4. The summed E-state index contributed by atoms with van der Waals surface area (Å²) in [6.07, 6.45) is 6.45. The highest BCUT2D eigenvalue weighted by atomic mass is 32.1. The van der Waals surface area contributed by atoms with Crippen LogP contribution in [0.5, 0.6) is 0 Å². The monoisotopic (exact) mass is 260 g/mol. The minimum atomic E-state index is 0.109. The Kier molecular flexibility index (Phi) is 2.82. The summed E-state index contributed by atoms with van der Waals surface area (Å²) in [5.74, 6) is 0.983. The van der Waals surface area contributed by atoms with Crippen LogP contribution in [0.25, 0.3) is 0 Å². The molecule has 0 aliphatic heterocycles. The van der Waals surface area contributed by atoms with E-state index >= 15 is 0 Å². The first-order chi connectivity index (χ1) is 8.66. The third kappa shape index (κ3) is 1.81. The van der Waals surface area contributed by atoms with Crippen molar-refractivity contribution in [2.45, 2.75) is 32.6 Å². The van der Waals surface area contributed by atoms with Crippen molar-refractivity contribution < 1.29 is 4.79 Å². The average molecular weight is 260 g/mol. The molecule has 3 rings (SSSR count). The molecule has 18 heavy (non-hydrogen) atoms. The zero-order valence-corrected chi connectivity index (χ0v) is 11.5. The Morgan fingerprint density at radius 3 is 2.83 bits per heavy atom. The van der Waals surface area contributed by atoms with Crippen LogP contribution in [0.4, 0.5) is 0 Å². The van der Waals surface area contributed by atoms with Gasteiger partial charge in [-0.2, -0.15) is 0 Å². The number of carbonyl (C=O) groups is 1. The van der Waals surface area contributed by atoms with Crippen molar-refractivity contribution in [1.29, 1.82) is 0 Å². The number of imidazole rings is 1. The van der Waals surface area contributed by atoms with E-state index in [0.29, 0.717) is 5.69 Å². The van der Waals surface area contributed by atoms with E-state index in [-0.39, 0.29) is 5.78 Å². The van der Waals surface area contributed by atoms with E-state index in [1.165, 1.54) is 23.3 Å². The molecule has 3 nitrogen and oxygen atoms in total. The molecule has 0 saturated carbocycles. The van der Waals surface area contributed by atoms with Crippen LogP contribution >= 0.6 is 11.3 Å². The normalized spacial score (nSPS) is 14.6. The highest BCUT2D eigenvalue weighted by Gasteiger charge is 2.20. The maximum atomic E-state index is 12.4. The van der Waals surface area contributed by atoms with E-state index in [1.54, 1.807) is 17.5 Å². The minimum Gasteiger partial charge on any atom is -0.329 e. The van der Waals surface area contributed by atoms with Gasteiger partial charge in [0.15, 0.2) is 0 Å². The van der Waals surface area contributed by atoms with Gasteiger partial charge in [-0.15, -0.1) is 11.3 Å². The first kappa shape index (κ1) is 11.7. The van der Waals surface area contributed by atoms with Crippen LogP contribution in [0.3, 0.4) is 0 Å². The van der Waals surface area contributed by atoms with E-state index in [9.17, 15) is 4.79 Å². The third-order valence-electron chi connectivity index (χ3n) is 3.67. The van der Waals surface area contributed by atoms with Crippen molar-refractivity contribution in [3.63, 3.8) is 0 Å². The summed E-state index contributed by atoms with van der Waals surface area (Å²) >= 11 is 1.67. The van der Waals surface area contributed by atoms with Gasteiger partial charge in [0.2, 0.25) is 5.78 Å². The predicted octanol–water partition coefficient (Wildman–Crippen LogP) is 2.90. The molecule has 4 heteroatoms. The van der Waals surface area contributed by atoms with Crippen molar-refractivity contribution in [2.75, 3.05) is 0 Å². The Labute approximate surface area is 110 Å².